The highest BCUT2D eigenvalue weighted by Gasteiger charge is 1.87. The maximum absolute atomic E-state index is 12.2. The van der Waals surface area contributed by atoms with Gasteiger partial charge in [0.05, 0.1) is 0 Å². The van der Waals surface area contributed by atoms with Crippen LogP contribution < -0.4 is 0 Å². The number of benzene rings is 2. The fraction of sp³-hybridized carbons (Fsp3) is 0.556. The van der Waals surface area contributed by atoms with E-state index in [1.54, 1.807) is 12.1 Å². The second-order valence-corrected chi connectivity index (χ2v) is 7.78. The van der Waals surface area contributed by atoms with Gasteiger partial charge in [0, 0.05) is 0 Å². The van der Waals surface area contributed by atoms with Crippen molar-refractivity contribution in [1.29, 1.82) is 0 Å². The van der Waals surface area contributed by atoms with Gasteiger partial charge in [0.2, 0.25) is 0 Å². The van der Waals surface area contributed by atoms with Gasteiger partial charge in [-0.1, -0.05) is 76.6 Å². The van der Waals surface area contributed by atoms with Crippen molar-refractivity contribution in [2.45, 2.75) is 59.8 Å². The minimum atomic E-state index is -0.160. The van der Waals surface area contributed by atoms with Gasteiger partial charge in [-0.25, -0.2) is 4.39 Å². The standard InChI is InChI=1S/C8H9F.C8H10.C6H15N.C5H13N/c1-2-7-3-5-8(9)6-4-7;1-2-8-6-4-3-5-7-8;1-4-5-6-7(2)3;1-4-5-6(2)3/h3-6H,2H2,1H3;3-7H,2H2,1H3;4-6H2,1-3H3;4-5H2,1-3H3. The summed E-state index contributed by atoms with van der Waals surface area (Å²) in [5.41, 5.74) is 2.59. The van der Waals surface area contributed by atoms with E-state index < -0.39 is 0 Å². The molecule has 0 radical (unpaired) electrons. The molecule has 172 valence electrons. The molecule has 0 aromatic heterocycles. The minimum absolute atomic E-state index is 0.160. The first-order valence-electron chi connectivity index (χ1n) is 11.4. The summed E-state index contributed by atoms with van der Waals surface area (Å²) < 4.78 is 12.2. The molecule has 0 aliphatic rings. The van der Waals surface area contributed by atoms with E-state index in [9.17, 15) is 4.39 Å². The largest absolute Gasteiger partial charge is 0.309 e. The zero-order chi connectivity index (χ0) is 23.2. The molecule has 2 nitrogen and oxygen atoms in total. The first-order chi connectivity index (χ1) is 14.3. The highest BCUT2D eigenvalue weighted by atomic mass is 19.1. The Morgan fingerprint density at radius 2 is 1.07 bits per heavy atom. The number of rotatable bonds is 7. The van der Waals surface area contributed by atoms with Crippen molar-refractivity contribution in [2.75, 3.05) is 41.3 Å². The third kappa shape index (κ3) is 22.6. The van der Waals surface area contributed by atoms with E-state index >= 15 is 0 Å². The highest BCUT2D eigenvalue weighted by Crippen LogP contribution is 2.02. The number of nitrogens with zero attached hydrogens (tertiary/aromatic N) is 2. The van der Waals surface area contributed by atoms with Crippen LogP contribution in [0.1, 0.15) is 58.1 Å². The molecule has 0 bridgehead atoms. The van der Waals surface area contributed by atoms with Crippen LogP contribution in [0.3, 0.4) is 0 Å². The Labute approximate surface area is 187 Å². The molecule has 0 N–H and O–H groups in total. The van der Waals surface area contributed by atoms with E-state index in [1.165, 1.54) is 55.6 Å². The van der Waals surface area contributed by atoms with Crippen LogP contribution in [0.4, 0.5) is 4.39 Å². The van der Waals surface area contributed by atoms with Crippen molar-refractivity contribution in [2.24, 2.45) is 0 Å². The van der Waals surface area contributed by atoms with E-state index in [2.05, 4.69) is 83.0 Å². The molecule has 0 amide bonds. The molecular weight excluding hydrogens is 371 g/mol. The lowest BCUT2D eigenvalue weighted by Crippen LogP contribution is -2.12. The Hall–Kier alpha value is -1.71. The average Bonchev–Trinajstić information content (AvgIpc) is 2.74. The zero-order valence-electron chi connectivity index (χ0n) is 20.9. The zero-order valence-corrected chi connectivity index (χ0v) is 20.9. The molecule has 0 aliphatic heterocycles. The van der Waals surface area contributed by atoms with Crippen LogP contribution >= 0.6 is 0 Å². The molecule has 30 heavy (non-hydrogen) atoms. The van der Waals surface area contributed by atoms with Crippen LogP contribution in [0.2, 0.25) is 0 Å². The summed E-state index contributed by atoms with van der Waals surface area (Å²) in [4.78, 5) is 4.39. The lowest BCUT2D eigenvalue weighted by molar-refractivity contribution is 0.398. The lowest BCUT2D eigenvalue weighted by Gasteiger charge is -2.05. The van der Waals surface area contributed by atoms with Gasteiger partial charge >= 0.3 is 0 Å². The van der Waals surface area contributed by atoms with E-state index in [0.717, 1.165) is 12.8 Å². The Kier molecular flexibility index (Phi) is 22.3. The fourth-order valence-electron chi connectivity index (χ4n) is 2.36. The van der Waals surface area contributed by atoms with Gasteiger partial charge in [-0.2, -0.15) is 0 Å². The summed E-state index contributed by atoms with van der Waals surface area (Å²) in [6.45, 7) is 11.0. The summed E-state index contributed by atoms with van der Waals surface area (Å²) in [5.74, 6) is -0.160. The predicted molar refractivity (Wildman–Crippen MR) is 134 cm³/mol. The quantitative estimate of drug-likeness (QED) is 0.480. The van der Waals surface area contributed by atoms with Gasteiger partial charge in [0.1, 0.15) is 5.82 Å². The topological polar surface area (TPSA) is 6.48 Å². The van der Waals surface area contributed by atoms with Crippen molar-refractivity contribution in [3.63, 3.8) is 0 Å². The highest BCUT2D eigenvalue weighted by molar-refractivity contribution is 5.15. The first-order valence-corrected chi connectivity index (χ1v) is 11.4. The molecule has 2 aromatic carbocycles. The second-order valence-electron chi connectivity index (χ2n) is 7.78. The molecule has 0 saturated carbocycles. The van der Waals surface area contributed by atoms with Crippen molar-refractivity contribution in [3.8, 4) is 0 Å². The average molecular weight is 419 g/mol. The summed E-state index contributed by atoms with van der Waals surface area (Å²) >= 11 is 0. The van der Waals surface area contributed by atoms with Crippen LogP contribution in [0.25, 0.3) is 0 Å². The lowest BCUT2D eigenvalue weighted by atomic mass is 10.2. The first kappa shape index (κ1) is 30.5. The van der Waals surface area contributed by atoms with Crippen molar-refractivity contribution < 1.29 is 4.39 Å². The van der Waals surface area contributed by atoms with Gasteiger partial charge < -0.3 is 9.80 Å². The number of hydrogen-bond donors (Lipinski definition) is 0. The van der Waals surface area contributed by atoms with Gasteiger partial charge in [0.15, 0.2) is 0 Å². The molecule has 2 aromatic rings. The summed E-state index contributed by atoms with van der Waals surface area (Å²) in [6.07, 6.45) is 6.00. The van der Waals surface area contributed by atoms with Crippen LogP contribution in [0.5, 0.6) is 0 Å². The number of halogens is 1. The Bertz CT molecular complexity index is 565. The molecule has 2 rings (SSSR count). The Morgan fingerprint density at radius 3 is 1.33 bits per heavy atom. The van der Waals surface area contributed by atoms with Crippen LogP contribution in [0.15, 0.2) is 54.6 Å². The fourth-order valence-corrected chi connectivity index (χ4v) is 2.36. The summed E-state index contributed by atoms with van der Waals surface area (Å²) in [7, 11) is 8.39. The van der Waals surface area contributed by atoms with Gasteiger partial charge in [-0.15, -0.1) is 0 Å². The molecule has 0 heterocycles. The van der Waals surface area contributed by atoms with Crippen molar-refractivity contribution in [3.05, 3.63) is 71.5 Å². The number of unbranched alkanes of at least 4 members (excludes halogenated alkanes) is 1. The van der Waals surface area contributed by atoms with Gasteiger partial charge in [-0.05, 0) is 90.2 Å². The minimum Gasteiger partial charge on any atom is -0.309 e. The Balaban J connectivity index is 0. The SMILES string of the molecule is CCCCN(C)C.CCCN(C)C.CCc1ccc(F)cc1.CCc1ccccc1. The smallest absolute Gasteiger partial charge is 0.123 e. The Morgan fingerprint density at radius 1 is 0.600 bits per heavy atom. The maximum atomic E-state index is 12.2. The third-order valence-corrected chi connectivity index (χ3v) is 4.20. The summed E-state index contributed by atoms with van der Waals surface area (Å²) in [5, 5.41) is 0. The monoisotopic (exact) mass is 418 g/mol. The number of hydrogen-bond acceptors (Lipinski definition) is 2. The second kappa shape index (κ2) is 22.0. The molecule has 0 saturated heterocycles. The van der Waals surface area contributed by atoms with Crippen LogP contribution in [0, 0.1) is 5.82 Å². The molecule has 0 aliphatic carbocycles. The molecule has 3 heteroatoms. The molecule has 0 spiro atoms. The maximum Gasteiger partial charge on any atom is 0.123 e. The van der Waals surface area contributed by atoms with Gasteiger partial charge in [-0.3, -0.25) is 0 Å². The van der Waals surface area contributed by atoms with E-state index in [4.69, 9.17) is 0 Å². The van der Waals surface area contributed by atoms with E-state index in [-0.39, 0.29) is 5.82 Å². The van der Waals surface area contributed by atoms with Crippen LogP contribution in [-0.2, 0) is 12.8 Å². The van der Waals surface area contributed by atoms with Crippen LogP contribution in [-0.4, -0.2) is 51.1 Å². The van der Waals surface area contributed by atoms with E-state index in [1.807, 2.05) is 13.0 Å². The summed E-state index contributed by atoms with van der Waals surface area (Å²) in [6, 6.07) is 17.0. The molecular formula is C27H47FN2. The van der Waals surface area contributed by atoms with Crippen molar-refractivity contribution >= 4 is 0 Å². The predicted octanol–water partition coefficient (Wildman–Crippen LogP) is 6.94. The normalized spacial score (nSPS) is 9.70. The third-order valence-electron chi connectivity index (χ3n) is 4.20. The molecule has 0 fully saturated rings. The molecule has 0 unspecified atom stereocenters. The van der Waals surface area contributed by atoms with Gasteiger partial charge in [0.25, 0.3) is 0 Å². The number of aryl methyl sites for hydroxylation is 2. The van der Waals surface area contributed by atoms with Crippen molar-refractivity contribution in [1.82, 2.24) is 9.80 Å². The molecule has 0 atom stereocenters. The van der Waals surface area contributed by atoms with E-state index in [0.29, 0.717) is 0 Å².